The van der Waals surface area contributed by atoms with Crippen LogP contribution in [0.1, 0.15) is 20.8 Å². The minimum absolute atomic E-state index is 0.0284. The van der Waals surface area contributed by atoms with Gasteiger partial charge in [0.05, 0.1) is 6.54 Å². The molecule has 5 nitrogen and oxygen atoms in total. The molecule has 0 aliphatic carbocycles. The molecule has 0 fully saturated rings. The smallest absolute Gasteiger partial charge is 0.272 e. The second-order valence-electron chi connectivity index (χ2n) is 3.85. The molecule has 0 saturated carbocycles. The van der Waals surface area contributed by atoms with E-state index in [1.54, 1.807) is 43.6 Å². The molecule has 2 rings (SSSR count). The number of nitrogens with zero attached hydrogens (tertiary/aromatic N) is 2. The van der Waals surface area contributed by atoms with Crippen molar-refractivity contribution in [1.82, 2.24) is 15.1 Å². The highest BCUT2D eigenvalue weighted by atomic mass is 16.2. The average molecular weight is 243 g/mol. The minimum atomic E-state index is -0.347. The summed E-state index contributed by atoms with van der Waals surface area (Å²) in [4.78, 5) is 23.4. The summed E-state index contributed by atoms with van der Waals surface area (Å²) in [5.41, 5.74) is 0.886. The maximum atomic E-state index is 11.7. The summed E-state index contributed by atoms with van der Waals surface area (Å²) >= 11 is 0. The third kappa shape index (κ3) is 2.82. The Hall–Kier alpha value is -2.43. The Bertz CT molecular complexity index is 561. The zero-order chi connectivity index (χ0) is 13.0. The van der Waals surface area contributed by atoms with Gasteiger partial charge in [0.2, 0.25) is 0 Å². The fourth-order valence-electron chi connectivity index (χ4n) is 1.51. The lowest BCUT2D eigenvalue weighted by molar-refractivity contribution is 0.0900. The van der Waals surface area contributed by atoms with Gasteiger partial charge >= 0.3 is 0 Å². The molecule has 0 spiro atoms. The molecule has 1 amide bonds. The SMILES string of the molecule is Cn1ccc(C(=O)NCC(=O)c2ccccc2)n1. The molecule has 0 unspecified atom stereocenters. The number of ketones is 1. The van der Waals surface area contributed by atoms with Crippen LogP contribution in [0, 0.1) is 0 Å². The van der Waals surface area contributed by atoms with Crippen LogP contribution in [0.25, 0.3) is 0 Å². The van der Waals surface area contributed by atoms with Gasteiger partial charge in [0.1, 0.15) is 5.69 Å². The van der Waals surface area contributed by atoms with Gasteiger partial charge in [-0.3, -0.25) is 14.3 Å². The number of carbonyl (C=O) groups excluding carboxylic acids is 2. The van der Waals surface area contributed by atoms with Crippen LogP contribution >= 0.6 is 0 Å². The predicted molar refractivity (Wildman–Crippen MR) is 66.3 cm³/mol. The number of aromatic nitrogens is 2. The van der Waals surface area contributed by atoms with Gasteiger partial charge in [-0.25, -0.2) is 0 Å². The summed E-state index contributed by atoms with van der Waals surface area (Å²) in [5.74, 6) is -0.472. The second-order valence-corrected chi connectivity index (χ2v) is 3.85. The third-order valence-electron chi connectivity index (χ3n) is 2.45. The highest BCUT2D eigenvalue weighted by molar-refractivity contribution is 6.01. The fraction of sp³-hybridized carbons (Fsp3) is 0.154. The van der Waals surface area contributed by atoms with E-state index in [9.17, 15) is 9.59 Å². The van der Waals surface area contributed by atoms with E-state index < -0.39 is 0 Å². The summed E-state index contributed by atoms with van der Waals surface area (Å²) < 4.78 is 1.54. The Morgan fingerprint density at radius 3 is 2.56 bits per heavy atom. The van der Waals surface area contributed by atoms with Crippen LogP contribution < -0.4 is 5.32 Å². The lowest BCUT2D eigenvalue weighted by atomic mass is 10.1. The first kappa shape index (κ1) is 12.0. The van der Waals surface area contributed by atoms with E-state index in [1.807, 2.05) is 6.07 Å². The van der Waals surface area contributed by atoms with Gasteiger partial charge in [-0.15, -0.1) is 0 Å². The van der Waals surface area contributed by atoms with Crippen molar-refractivity contribution in [2.75, 3.05) is 6.54 Å². The number of aryl methyl sites for hydroxylation is 1. The highest BCUT2D eigenvalue weighted by Crippen LogP contribution is 1.99. The van der Waals surface area contributed by atoms with E-state index in [0.29, 0.717) is 11.3 Å². The molecule has 0 atom stereocenters. The maximum absolute atomic E-state index is 11.7. The van der Waals surface area contributed by atoms with Crippen molar-refractivity contribution in [3.8, 4) is 0 Å². The zero-order valence-electron chi connectivity index (χ0n) is 9.96. The van der Waals surface area contributed by atoms with Gasteiger partial charge in [0, 0.05) is 18.8 Å². The Morgan fingerprint density at radius 2 is 1.94 bits per heavy atom. The van der Waals surface area contributed by atoms with Gasteiger partial charge in [0.25, 0.3) is 5.91 Å². The van der Waals surface area contributed by atoms with Crippen LogP contribution in [0.2, 0.25) is 0 Å². The molecule has 0 aliphatic heterocycles. The first-order chi connectivity index (χ1) is 8.66. The van der Waals surface area contributed by atoms with Crippen LogP contribution in [0.3, 0.4) is 0 Å². The predicted octanol–water partition coefficient (Wildman–Crippen LogP) is 1.03. The number of Topliss-reactive ketones (excluding diaryl/α,β-unsaturated/α-hetero) is 1. The second kappa shape index (κ2) is 5.27. The Labute approximate surface area is 104 Å². The molecule has 0 radical (unpaired) electrons. The van der Waals surface area contributed by atoms with Crippen molar-refractivity contribution in [2.24, 2.45) is 7.05 Å². The van der Waals surface area contributed by atoms with E-state index in [2.05, 4.69) is 10.4 Å². The lowest BCUT2D eigenvalue weighted by Crippen LogP contribution is -2.29. The van der Waals surface area contributed by atoms with Gasteiger partial charge in [0.15, 0.2) is 5.78 Å². The average Bonchev–Trinajstić information content (AvgIpc) is 2.83. The minimum Gasteiger partial charge on any atom is -0.343 e. The fourth-order valence-corrected chi connectivity index (χ4v) is 1.51. The molecule has 1 aromatic carbocycles. The van der Waals surface area contributed by atoms with Crippen LogP contribution in [0.4, 0.5) is 0 Å². The number of rotatable bonds is 4. The topological polar surface area (TPSA) is 64.0 Å². The number of benzene rings is 1. The Balaban J connectivity index is 1.92. The molecule has 92 valence electrons. The van der Waals surface area contributed by atoms with Crippen molar-refractivity contribution < 1.29 is 9.59 Å². The molecule has 5 heteroatoms. The molecule has 2 aromatic rings. The van der Waals surface area contributed by atoms with Crippen LogP contribution in [-0.4, -0.2) is 28.0 Å². The van der Waals surface area contributed by atoms with E-state index in [-0.39, 0.29) is 18.2 Å². The zero-order valence-corrected chi connectivity index (χ0v) is 9.96. The number of nitrogens with one attached hydrogen (secondary N) is 1. The van der Waals surface area contributed by atoms with Crippen LogP contribution in [0.15, 0.2) is 42.6 Å². The van der Waals surface area contributed by atoms with E-state index in [1.165, 1.54) is 4.68 Å². The van der Waals surface area contributed by atoms with Gasteiger partial charge in [-0.2, -0.15) is 5.10 Å². The highest BCUT2D eigenvalue weighted by Gasteiger charge is 2.11. The molecule has 1 heterocycles. The standard InChI is InChI=1S/C13H13N3O2/c1-16-8-7-11(15-16)13(18)14-9-12(17)10-5-3-2-4-6-10/h2-8H,9H2,1H3,(H,14,18). The normalized spacial score (nSPS) is 10.1. The van der Waals surface area contributed by atoms with Gasteiger partial charge < -0.3 is 5.32 Å². The number of amides is 1. The number of hydrogen-bond donors (Lipinski definition) is 1. The largest absolute Gasteiger partial charge is 0.343 e. The van der Waals surface area contributed by atoms with Crippen molar-refractivity contribution >= 4 is 11.7 Å². The summed E-state index contributed by atoms with van der Waals surface area (Å²) in [6.45, 7) is -0.0284. The molecule has 0 saturated heterocycles. The maximum Gasteiger partial charge on any atom is 0.272 e. The number of carbonyl (C=O) groups is 2. The lowest BCUT2D eigenvalue weighted by Gasteiger charge is -2.02. The molecular weight excluding hydrogens is 230 g/mol. The van der Waals surface area contributed by atoms with Gasteiger partial charge in [-0.1, -0.05) is 30.3 Å². The molecule has 0 bridgehead atoms. The van der Waals surface area contributed by atoms with E-state index in [4.69, 9.17) is 0 Å². The summed E-state index contributed by atoms with van der Waals surface area (Å²) in [7, 11) is 1.73. The molecule has 1 N–H and O–H groups in total. The first-order valence-corrected chi connectivity index (χ1v) is 5.53. The van der Waals surface area contributed by atoms with E-state index >= 15 is 0 Å². The monoisotopic (exact) mass is 243 g/mol. The van der Waals surface area contributed by atoms with E-state index in [0.717, 1.165) is 0 Å². The van der Waals surface area contributed by atoms with Crippen molar-refractivity contribution in [2.45, 2.75) is 0 Å². The Morgan fingerprint density at radius 1 is 1.22 bits per heavy atom. The molecule has 18 heavy (non-hydrogen) atoms. The molecule has 1 aromatic heterocycles. The molecule has 0 aliphatic rings. The molecular formula is C13H13N3O2. The van der Waals surface area contributed by atoms with Crippen molar-refractivity contribution in [1.29, 1.82) is 0 Å². The van der Waals surface area contributed by atoms with Crippen LogP contribution in [-0.2, 0) is 7.05 Å². The summed E-state index contributed by atoms with van der Waals surface area (Å²) in [5, 5.41) is 6.50. The summed E-state index contributed by atoms with van der Waals surface area (Å²) in [6.07, 6.45) is 1.67. The summed E-state index contributed by atoms with van der Waals surface area (Å²) in [6, 6.07) is 10.4. The third-order valence-corrected chi connectivity index (χ3v) is 2.45. The Kier molecular flexibility index (Phi) is 3.52. The van der Waals surface area contributed by atoms with Crippen LogP contribution in [0.5, 0.6) is 0 Å². The number of hydrogen-bond acceptors (Lipinski definition) is 3. The van der Waals surface area contributed by atoms with Crippen molar-refractivity contribution in [3.05, 3.63) is 53.9 Å². The first-order valence-electron chi connectivity index (χ1n) is 5.53. The van der Waals surface area contributed by atoms with Gasteiger partial charge in [-0.05, 0) is 6.07 Å². The quantitative estimate of drug-likeness (QED) is 0.816. The van der Waals surface area contributed by atoms with Crippen molar-refractivity contribution in [3.63, 3.8) is 0 Å².